The first-order valence-electron chi connectivity index (χ1n) is 8.55. The van der Waals surface area contributed by atoms with E-state index in [2.05, 4.69) is 26.5 Å². The lowest BCUT2D eigenvalue weighted by atomic mass is 9.82. The summed E-state index contributed by atoms with van der Waals surface area (Å²) in [5, 5.41) is 7.54. The highest BCUT2D eigenvalue weighted by molar-refractivity contribution is 5.87. The summed E-state index contributed by atoms with van der Waals surface area (Å²) in [6, 6.07) is 3.92. The monoisotopic (exact) mass is 325 g/mol. The Kier molecular flexibility index (Phi) is 3.84. The Hall–Kier alpha value is -2.21. The van der Waals surface area contributed by atoms with Crippen LogP contribution in [-0.4, -0.2) is 44.2 Å². The van der Waals surface area contributed by atoms with Crippen molar-refractivity contribution in [1.82, 2.24) is 25.0 Å². The summed E-state index contributed by atoms with van der Waals surface area (Å²) >= 11 is 0. The Balaban J connectivity index is 1.39. The van der Waals surface area contributed by atoms with Crippen LogP contribution in [0.2, 0.25) is 0 Å². The molecule has 2 aromatic heterocycles. The lowest BCUT2D eigenvalue weighted by Crippen LogP contribution is -2.50. The maximum atomic E-state index is 12.5. The second kappa shape index (κ2) is 6.02. The second-order valence-electron chi connectivity index (χ2n) is 7.11. The van der Waals surface area contributed by atoms with Gasteiger partial charge >= 0.3 is 0 Å². The molecule has 1 atom stereocenters. The summed E-state index contributed by atoms with van der Waals surface area (Å²) in [5.41, 5.74) is 2.30. The van der Waals surface area contributed by atoms with Gasteiger partial charge in [0.15, 0.2) is 0 Å². The van der Waals surface area contributed by atoms with Crippen LogP contribution in [-0.2, 0) is 18.4 Å². The van der Waals surface area contributed by atoms with Gasteiger partial charge in [-0.25, -0.2) is 0 Å². The molecular weight excluding hydrogens is 302 g/mol. The number of aromatic nitrogens is 3. The number of amides is 1. The number of hydrogen-bond acceptors (Lipinski definition) is 4. The molecule has 2 aliphatic rings. The van der Waals surface area contributed by atoms with Gasteiger partial charge in [-0.2, -0.15) is 5.10 Å². The fourth-order valence-corrected chi connectivity index (χ4v) is 4.03. The van der Waals surface area contributed by atoms with E-state index in [1.54, 1.807) is 12.4 Å². The summed E-state index contributed by atoms with van der Waals surface area (Å²) in [5.74, 6) is 0.139. The number of likely N-dealkylation sites (tertiary alicyclic amines) is 1. The van der Waals surface area contributed by atoms with E-state index in [0.717, 1.165) is 44.5 Å². The van der Waals surface area contributed by atoms with E-state index in [9.17, 15) is 4.79 Å². The van der Waals surface area contributed by atoms with Gasteiger partial charge in [-0.05, 0) is 37.0 Å². The first-order chi connectivity index (χ1) is 11.6. The summed E-state index contributed by atoms with van der Waals surface area (Å²) < 4.78 is 1.84. The number of aryl methyl sites for hydroxylation is 1. The molecule has 2 aliphatic heterocycles. The van der Waals surface area contributed by atoms with Crippen LogP contribution in [0.5, 0.6) is 0 Å². The Labute approximate surface area is 141 Å². The number of hydrogen-bond donors (Lipinski definition) is 1. The zero-order valence-electron chi connectivity index (χ0n) is 14.0. The van der Waals surface area contributed by atoms with Crippen LogP contribution in [0.25, 0.3) is 0 Å². The average Bonchev–Trinajstić information content (AvgIpc) is 3.14. The molecule has 1 unspecified atom stereocenters. The van der Waals surface area contributed by atoms with Crippen molar-refractivity contribution in [2.24, 2.45) is 7.05 Å². The predicted molar refractivity (Wildman–Crippen MR) is 90.2 cm³/mol. The van der Waals surface area contributed by atoms with Crippen LogP contribution in [0.1, 0.15) is 36.3 Å². The molecule has 24 heavy (non-hydrogen) atoms. The zero-order chi connectivity index (χ0) is 16.6. The summed E-state index contributed by atoms with van der Waals surface area (Å²) in [6.07, 6.45) is 10.5. The fraction of sp³-hybridized carbons (Fsp3) is 0.500. The number of carbonyl (C=O) groups excluding carboxylic acids is 1. The van der Waals surface area contributed by atoms with E-state index in [0.29, 0.717) is 0 Å². The van der Waals surface area contributed by atoms with Crippen molar-refractivity contribution >= 4 is 5.91 Å². The van der Waals surface area contributed by atoms with Gasteiger partial charge in [0.2, 0.25) is 5.91 Å². The van der Waals surface area contributed by atoms with Crippen molar-refractivity contribution in [2.45, 2.75) is 37.3 Å². The van der Waals surface area contributed by atoms with Crippen LogP contribution in [0.3, 0.4) is 0 Å². The van der Waals surface area contributed by atoms with Crippen LogP contribution in [0.4, 0.5) is 0 Å². The summed E-state index contributed by atoms with van der Waals surface area (Å²) in [7, 11) is 1.95. The maximum absolute atomic E-state index is 12.5. The predicted octanol–water partition coefficient (Wildman–Crippen LogP) is 1.45. The van der Waals surface area contributed by atoms with E-state index in [4.69, 9.17) is 0 Å². The van der Waals surface area contributed by atoms with Crippen molar-refractivity contribution < 1.29 is 4.79 Å². The number of nitrogens with zero attached hydrogens (tertiary/aromatic N) is 4. The van der Waals surface area contributed by atoms with E-state index in [-0.39, 0.29) is 17.4 Å². The molecule has 126 valence electrons. The topological polar surface area (TPSA) is 63.1 Å². The van der Waals surface area contributed by atoms with Crippen molar-refractivity contribution in [1.29, 1.82) is 0 Å². The first kappa shape index (κ1) is 15.3. The molecule has 6 heteroatoms. The molecule has 2 aromatic rings. The quantitative estimate of drug-likeness (QED) is 0.928. The highest BCUT2D eigenvalue weighted by atomic mass is 16.2. The molecule has 2 saturated heterocycles. The second-order valence-corrected chi connectivity index (χ2v) is 7.11. The Morgan fingerprint density at radius 1 is 1.29 bits per heavy atom. The third-order valence-electron chi connectivity index (χ3n) is 5.39. The minimum atomic E-state index is -0.0313. The van der Waals surface area contributed by atoms with Crippen LogP contribution in [0.15, 0.2) is 36.9 Å². The average molecular weight is 325 g/mol. The van der Waals surface area contributed by atoms with Gasteiger partial charge in [0, 0.05) is 56.4 Å². The van der Waals surface area contributed by atoms with Crippen LogP contribution in [0, 0.1) is 0 Å². The molecule has 1 N–H and O–H groups in total. The van der Waals surface area contributed by atoms with Crippen molar-refractivity contribution in [3.05, 3.63) is 48.0 Å². The molecule has 0 saturated carbocycles. The van der Waals surface area contributed by atoms with E-state index < -0.39 is 0 Å². The lowest BCUT2D eigenvalue weighted by molar-refractivity contribution is -0.121. The highest BCUT2D eigenvalue weighted by Gasteiger charge is 2.46. The largest absolute Gasteiger partial charge is 0.350 e. The van der Waals surface area contributed by atoms with E-state index in [1.165, 1.54) is 5.56 Å². The Morgan fingerprint density at radius 3 is 2.71 bits per heavy atom. The van der Waals surface area contributed by atoms with Gasteiger partial charge in [0.05, 0.1) is 12.1 Å². The van der Waals surface area contributed by atoms with Crippen molar-refractivity contribution in [2.75, 3.05) is 13.1 Å². The van der Waals surface area contributed by atoms with Gasteiger partial charge in [0.1, 0.15) is 0 Å². The van der Waals surface area contributed by atoms with E-state index in [1.807, 2.05) is 30.1 Å². The zero-order valence-corrected chi connectivity index (χ0v) is 14.0. The number of rotatable bonds is 3. The lowest BCUT2D eigenvalue weighted by Gasteiger charge is -2.39. The molecule has 6 nitrogen and oxygen atoms in total. The summed E-state index contributed by atoms with van der Waals surface area (Å²) in [6.45, 7) is 2.96. The van der Waals surface area contributed by atoms with Crippen LogP contribution < -0.4 is 5.32 Å². The normalized spacial score (nSPS) is 23.5. The van der Waals surface area contributed by atoms with Gasteiger partial charge in [-0.1, -0.05) is 0 Å². The van der Waals surface area contributed by atoms with Gasteiger partial charge in [-0.15, -0.1) is 0 Å². The standard InChI is InChI=1S/C18H23N5O/c1-22-12-14(11-20-22)13-23-8-4-18(5-9-23)10-16(17(24)21-18)15-2-6-19-7-3-15/h2-3,6-7,11-12,16H,4-5,8-10,13H2,1H3,(H,21,24). The van der Waals surface area contributed by atoms with Gasteiger partial charge in [-0.3, -0.25) is 19.4 Å². The number of carbonyl (C=O) groups is 1. The SMILES string of the molecule is Cn1cc(CN2CCC3(CC2)CC(c2ccncc2)C(=O)N3)cn1. The van der Waals surface area contributed by atoms with Crippen molar-refractivity contribution in [3.8, 4) is 0 Å². The Morgan fingerprint density at radius 2 is 2.04 bits per heavy atom. The minimum Gasteiger partial charge on any atom is -0.350 e. The van der Waals surface area contributed by atoms with Crippen molar-refractivity contribution in [3.63, 3.8) is 0 Å². The fourth-order valence-electron chi connectivity index (χ4n) is 4.03. The molecule has 4 rings (SSSR count). The Bertz CT molecular complexity index is 718. The van der Waals surface area contributed by atoms with Crippen LogP contribution >= 0.6 is 0 Å². The maximum Gasteiger partial charge on any atom is 0.228 e. The molecular formula is C18H23N5O. The molecule has 1 amide bonds. The minimum absolute atomic E-state index is 0.0297. The molecule has 0 radical (unpaired) electrons. The first-order valence-corrected chi connectivity index (χ1v) is 8.55. The molecule has 0 aliphatic carbocycles. The smallest absolute Gasteiger partial charge is 0.228 e. The van der Waals surface area contributed by atoms with Gasteiger partial charge < -0.3 is 5.32 Å². The molecule has 2 fully saturated rings. The van der Waals surface area contributed by atoms with E-state index >= 15 is 0 Å². The molecule has 0 aromatic carbocycles. The molecule has 0 bridgehead atoms. The number of nitrogens with one attached hydrogen (secondary N) is 1. The molecule has 1 spiro atoms. The number of piperidine rings is 1. The summed E-state index contributed by atoms with van der Waals surface area (Å²) in [4.78, 5) is 19.0. The molecule has 4 heterocycles. The number of pyridine rings is 1. The third kappa shape index (κ3) is 2.94. The van der Waals surface area contributed by atoms with Gasteiger partial charge in [0.25, 0.3) is 0 Å². The third-order valence-corrected chi connectivity index (χ3v) is 5.39. The highest BCUT2D eigenvalue weighted by Crippen LogP contribution is 2.39.